The number of likely N-dealkylation sites (tertiary alicyclic amines) is 2. The minimum atomic E-state index is -4.80. The van der Waals surface area contributed by atoms with E-state index in [0.717, 1.165) is 15.5 Å². The highest BCUT2D eigenvalue weighted by molar-refractivity contribution is 5.82. The van der Waals surface area contributed by atoms with E-state index in [1.54, 1.807) is 12.3 Å². The van der Waals surface area contributed by atoms with Crippen LogP contribution in [-0.4, -0.2) is 90.4 Å². The summed E-state index contributed by atoms with van der Waals surface area (Å²) in [5.41, 5.74) is 6.26. The molecular formula is C22H29F6N5O4. The number of pyridine rings is 1. The van der Waals surface area contributed by atoms with E-state index in [1.807, 2.05) is 0 Å². The number of rotatable bonds is 3. The van der Waals surface area contributed by atoms with Crippen LogP contribution in [0.1, 0.15) is 31.4 Å². The molecule has 9 nitrogen and oxygen atoms in total. The topological polar surface area (TPSA) is 110 Å². The van der Waals surface area contributed by atoms with Crippen LogP contribution in [0.2, 0.25) is 0 Å². The van der Waals surface area contributed by atoms with Crippen molar-refractivity contribution in [1.29, 1.82) is 0 Å². The summed E-state index contributed by atoms with van der Waals surface area (Å²) < 4.78 is 83.8. The van der Waals surface area contributed by atoms with Gasteiger partial charge < -0.3 is 30.3 Å². The lowest BCUT2D eigenvalue weighted by Gasteiger charge is -2.32. The Kier molecular flexibility index (Phi) is 9.45. The molecule has 1 aromatic heterocycles. The van der Waals surface area contributed by atoms with Crippen molar-refractivity contribution in [3.05, 3.63) is 18.0 Å². The molecule has 4 rings (SSSR count). The zero-order chi connectivity index (χ0) is 27.2. The number of ether oxygens (including phenoxy) is 2. The van der Waals surface area contributed by atoms with Crippen molar-refractivity contribution in [2.24, 2.45) is 5.73 Å². The second kappa shape index (κ2) is 12.2. The van der Waals surface area contributed by atoms with Crippen LogP contribution < -0.4 is 20.5 Å². The monoisotopic (exact) mass is 541 g/mol. The van der Waals surface area contributed by atoms with E-state index in [-0.39, 0.29) is 38.3 Å². The number of nitrogens with one attached hydrogen (secondary N) is 1. The summed E-state index contributed by atoms with van der Waals surface area (Å²) in [5.74, 6) is -2.24. The molecule has 0 saturated carbocycles. The van der Waals surface area contributed by atoms with E-state index in [1.165, 1.54) is 0 Å². The zero-order valence-corrected chi connectivity index (χ0v) is 19.9. The summed E-state index contributed by atoms with van der Waals surface area (Å²) in [6.07, 6.45) is -6.09. The van der Waals surface area contributed by atoms with Crippen molar-refractivity contribution in [3.63, 3.8) is 0 Å². The van der Waals surface area contributed by atoms with E-state index in [2.05, 4.69) is 10.3 Å². The SMILES string of the molecule is NC1CCN(C(=O)C(F)(F)F)CC1.O=C(N1CCC(NCc2cc3c(cn2)OCCO3)CC1)C(F)(F)F. The third-order valence-electron chi connectivity index (χ3n) is 6.15. The summed E-state index contributed by atoms with van der Waals surface area (Å²) in [4.78, 5) is 27.8. The molecule has 2 amide bonds. The maximum absolute atomic E-state index is 12.4. The van der Waals surface area contributed by atoms with Crippen molar-refractivity contribution in [1.82, 2.24) is 20.1 Å². The molecule has 3 N–H and O–H groups in total. The van der Waals surface area contributed by atoms with E-state index >= 15 is 0 Å². The Bertz CT molecular complexity index is 929. The van der Waals surface area contributed by atoms with Crippen molar-refractivity contribution in [2.75, 3.05) is 39.4 Å². The van der Waals surface area contributed by atoms with Gasteiger partial charge in [0.1, 0.15) is 13.2 Å². The molecule has 0 bridgehead atoms. The van der Waals surface area contributed by atoms with Crippen LogP contribution in [0, 0.1) is 0 Å². The van der Waals surface area contributed by atoms with Crippen molar-refractivity contribution in [3.8, 4) is 11.5 Å². The van der Waals surface area contributed by atoms with Crippen LogP contribution in [0.5, 0.6) is 11.5 Å². The van der Waals surface area contributed by atoms with Crippen LogP contribution in [0.3, 0.4) is 0 Å². The fourth-order valence-electron chi connectivity index (χ4n) is 4.08. The fourth-order valence-corrected chi connectivity index (χ4v) is 4.08. The molecule has 2 fully saturated rings. The molecule has 1 aromatic rings. The van der Waals surface area contributed by atoms with E-state index in [4.69, 9.17) is 15.2 Å². The number of piperidine rings is 2. The molecule has 3 aliphatic heterocycles. The third kappa shape index (κ3) is 8.35. The summed E-state index contributed by atoms with van der Waals surface area (Å²) in [6, 6.07) is 1.78. The molecule has 0 radical (unpaired) electrons. The number of hydrogen-bond donors (Lipinski definition) is 2. The molecule has 0 aliphatic carbocycles. The Hall–Kier alpha value is -2.81. The number of alkyl halides is 6. The standard InChI is InChI=1S/C15H18F3N3O3.C7H11F3N2O/c16-15(17,18)14(22)21-3-1-10(2-4-21)19-8-11-7-12-13(9-20-11)24-6-5-23-12;8-7(9,10)6(13)12-3-1-5(11)2-4-12/h7,9-10,19H,1-6,8H2;5H,1-4,11H2. The molecular weight excluding hydrogens is 512 g/mol. The van der Waals surface area contributed by atoms with E-state index < -0.39 is 24.2 Å². The summed E-state index contributed by atoms with van der Waals surface area (Å²) >= 11 is 0. The molecule has 3 aliphatic rings. The number of nitrogens with two attached hydrogens (primary N) is 1. The number of aromatic nitrogens is 1. The van der Waals surface area contributed by atoms with Gasteiger partial charge in [0.15, 0.2) is 11.5 Å². The number of carbonyl (C=O) groups excluding carboxylic acids is 2. The normalized spacial score (nSPS) is 19.2. The molecule has 0 spiro atoms. The number of halogens is 6. The minimum Gasteiger partial charge on any atom is -0.486 e. The molecule has 2 saturated heterocycles. The third-order valence-corrected chi connectivity index (χ3v) is 6.15. The second-order valence-electron chi connectivity index (χ2n) is 8.89. The first kappa shape index (κ1) is 28.8. The second-order valence-corrected chi connectivity index (χ2v) is 8.89. The van der Waals surface area contributed by atoms with Gasteiger partial charge in [-0.15, -0.1) is 0 Å². The molecule has 0 aromatic carbocycles. The number of fused-ring (bicyclic) bond motifs is 1. The van der Waals surface area contributed by atoms with Crippen LogP contribution in [0.25, 0.3) is 0 Å². The molecule has 15 heteroatoms. The Morgan fingerprint density at radius 2 is 1.38 bits per heavy atom. The van der Waals surface area contributed by atoms with Gasteiger partial charge in [0.2, 0.25) is 0 Å². The smallest absolute Gasteiger partial charge is 0.471 e. The van der Waals surface area contributed by atoms with E-state index in [9.17, 15) is 35.9 Å². The molecule has 0 atom stereocenters. The van der Waals surface area contributed by atoms with Gasteiger partial charge in [-0.2, -0.15) is 26.3 Å². The largest absolute Gasteiger partial charge is 0.486 e. The summed E-state index contributed by atoms with van der Waals surface area (Å²) in [7, 11) is 0. The van der Waals surface area contributed by atoms with Gasteiger partial charge in [0.05, 0.1) is 11.9 Å². The minimum absolute atomic E-state index is 0.0530. The first-order valence-electron chi connectivity index (χ1n) is 11.8. The van der Waals surface area contributed by atoms with Crippen LogP contribution in [0.15, 0.2) is 12.3 Å². The Morgan fingerprint density at radius 3 is 1.89 bits per heavy atom. The average Bonchev–Trinajstić information content (AvgIpc) is 2.86. The van der Waals surface area contributed by atoms with Crippen molar-refractivity contribution >= 4 is 11.8 Å². The number of amides is 2. The van der Waals surface area contributed by atoms with Gasteiger partial charge in [-0.1, -0.05) is 0 Å². The van der Waals surface area contributed by atoms with Gasteiger partial charge in [-0.05, 0) is 25.7 Å². The lowest BCUT2D eigenvalue weighted by Crippen LogP contribution is -2.49. The Labute approximate surface area is 209 Å². The Balaban J connectivity index is 0.000000248. The highest BCUT2D eigenvalue weighted by atomic mass is 19.4. The maximum atomic E-state index is 12.4. The van der Waals surface area contributed by atoms with Gasteiger partial charge in [0, 0.05) is 50.9 Å². The maximum Gasteiger partial charge on any atom is 0.471 e. The van der Waals surface area contributed by atoms with Crippen LogP contribution >= 0.6 is 0 Å². The first-order chi connectivity index (χ1) is 17.3. The predicted octanol–water partition coefficient (Wildman–Crippen LogP) is 1.99. The molecule has 208 valence electrons. The van der Waals surface area contributed by atoms with Gasteiger partial charge in [0.25, 0.3) is 0 Å². The van der Waals surface area contributed by atoms with Crippen molar-refractivity contribution < 1.29 is 45.4 Å². The Morgan fingerprint density at radius 1 is 0.892 bits per heavy atom. The summed E-state index contributed by atoms with van der Waals surface area (Å²) in [5, 5.41) is 3.26. The zero-order valence-electron chi connectivity index (χ0n) is 19.9. The van der Waals surface area contributed by atoms with Gasteiger partial charge in [-0.3, -0.25) is 14.6 Å². The average molecular weight is 541 g/mol. The number of carbonyl (C=O) groups is 2. The van der Waals surface area contributed by atoms with Crippen LogP contribution in [0.4, 0.5) is 26.3 Å². The summed E-state index contributed by atoms with van der Waals surface area (Å²) in [6.45, 7) is 1.90. The fraction of sp³-hybridized carbons (Fsp3) is 0.682. The highest BCUT2D eigenvalue weighted by Gasteiger charge is 2.44. The molecule has 4 heterocycles. The quantitative estimate of drug-likeness (QED) is 0.564. The predicted molar refractivity (Wildman–Crippen MR) is 118 cm³/mol. The lowest BCUT2D eigenvalue weighted by atomic mass is 10.0. The number of nitrogens with zero attached hydrogens (tertiary/aromatic N) is 3. The van der Waals surface area contributed by atoms with E-state index in [0.29, 0.717) is 56.9 Å². The molecule has 0 unspecified atom stereocenters. The van der Waals surface area contributed by atoms with Crippen molar-refractivity contribution in [2.45, 2.75) is 56.7 Å². The van der Waals surface area contributed by atoms with Crippen LogP contribution in [-0.2, 0) is 16.1 Å². The molecule has 37 heavy (non-hydrogen) atoms. The van der Waals surface area contributed by atoms with Gasteiger partial charge in [-0.25, -0.2) is 0 Å². The van der Waals surface area contributed by atoms with Gasteiger partial charge >= 0.3 is 24.2 Å². The lowest BCUT2D eigenvalue weighted by molar-refractivity contribution is -0.186. The first-order valence-corrected chi connectivity index (χ1v) is 11.8. The highest BCUT2D eigenvalue weighted by Crippen LogP contribution is 2.29. The number of hydrogen-bond acceptors (Lipinski definition) is 7.